The zero-order valence-electron chi connectivity index (χ0n) is 11.3. The summed E-state index contributed by atoms with van der Waals surface area (Å²) in [7, 11) is 1.65. The van der Waals surface area contributed by atoms with Crippen LogP contribution in [0.2, 0.25) is 10.2 Å². The summed E-state index contributed by atoms with van der Waals surface area (Å²) in [5, 5.41) is 9.97. The number of carboxylic acids is 1. The van der Waals surface area contributed by atoms with Gasteiger partial charge in [0.1, 0.15) is 10.8 Å². The van der Waals surface area contributed by atoms with E-state index in [2.05, 4.69) is 0 Å². The van der Waals surface area contributed by atoms with Crippen molar-refractivity contribution >= 4 is 35.1 Å². The summed E-state index contributed by atoms with van der Waals surface area (Å²) in [4.78, 5) is 25.4. The largest absolute Gasteiger partial charge is 0.481 e. The molecule has 0 aliphatic carbocycles. The average Bonchev–Trinajstić information content (AvgIpc) is 2.97. The third kappa shape index (κ3) is 2.29. The molecule has 2 rings (SSSR count). The van der Waals surface area contributed by atoms with E-state index < -0.39 is 11.4 Å². The second kappa shape index (κ2) is 5.30. The van der Waals surface area contributed by atoms with Crippen LogP contribution < -0.4 is 0 Å². The standard InChI is InChI=1S/C13H16Cl2N2O3/c1-3-13(12(19)20)4-5-17(7-13)11(18)9-6-8(14)10(15)16(9)2/h6H,3-5,7H2,1-2H3,(H,19,20). The van der Waals surface area contributed by atoms with E-state index in [0.717, 1.165) is 0 Å². The normalized spacial score (nSPS) is 22.3. The van der Waals surface area contributed by atoms with E-state index in [-0.39, 0.29) is 12.5 Å². The van der Waals surface area contributed by atoms with Gasteiger partial charge in [-0.1, -0.05) is 30.1 Å². The number of hydrogen-bond donors (Lipinski definition) is 1. The molecule has 0 spiro atoms. The zero-order valence-corrected chi connectivity index (χ0v) is 12.8. The molecule has 1 aromatic rings. The van der Waals surface area contributed by atoms with Gasteiger partial charge in [-0.15, -0.1) is 0 Å². The highest BCUT2D eigenvalue weighted by atomic mass is 35.5. The molecule has 1 amide bonds. The van der Waals surface area contributed by atoms with Crippen LogP contribution >= 0.6 is 23.2 Å². The highest BCUT2D eigenvalue weighted by Crippen LogP contribution is 2.35. The number of amides is 1. The SMILES string of the molecule is CCC1(C(=O)O)CCN(C(=O)c2cc(Cl)c(Cl)n2C)C1. The van der Waals surface area contributed by atoms with Crippen molar-refractivity contribution in [2.75, 3.05) is 13.1 Å². The number of likely N-dealkylation sites (tertiary alicyclic amines) is 1. The first-order chi connectivity index (χ1) is 9.32. The fraction of sp³-hybridized carbons (Fsp3) is 0.538. The van der Waals surface area contributed by atoms with Crippen molar-refractivity contribution in [1.82, 2.24) is 9.47 Å². The third-order valence-electron chi connectivity index (χ3n) is 4.11. The van der Waals surface area contributed by atoms with Crippen LogP contribution in [0.4, 0.5) is 0 Å². The van der Waals surface area contributed by atoms with E-state index in [1.807, 2.05) is 6.92 Å². The summed E-state index contributed by atoms with van der Waals surface area (Å²) in [6.07, 6.45) is 0.969. The maximum Gasteiger partial charge on any atom is 0.311 e. The zero-order chi connectivity index (χ0) is 15.1. The number of carbonyl (C=O) groups excluding carboxylic acids is 1. The van der Waals surface area contributed by atoms with E-state index in [4.69, 9.17) is 23.2 Å². The molecule has 0 saturated carbocycles. The highest BCUT2D eigenvalue weighted by molar-refractivity contribution is 6.41. The molecule has 2 heterocycles. The van der Waals surface area contributed by atoms with Gasteiger partial charge in [-0.25, -0.2) is 0 Å². The molecule has 1 aliphatic heterocycles. The van der Waals surface area contributed by atoms with Crippen LogP contribution in [0.1, 0.15) is 30.3 Å². The van der Waals surface area contributed by atoms with Gasteiger partial charge in [0, 0.05) is 20.1 Å². The Bertz CT molecular complexity index is 570. The van der Waals surface area contributed by atoms with Crippen molar-refractivity contribution in [2.45, 2.75) is 19.8 Å². The number of aromatic nitrogens is 1. The highest BCUT2D eigenvalue weighted by Gasteiger charge is 2.45. The topological polar surface area (TPSA) is 62.5 Å². The van der Waals surface area contributed by atoms with Crippen LogP contribution in [0.5, 0.6) is 0 Å². The van der Waals surface area contributed by atoms with Crippen molar-refractivity contribution < 1.29 is 14.7 Å². The molecule has 0 bridgehead atoms. The van der Waals surface area contributed by atoms with Gasteiger partial charge < -0.3 is 14.6 Å². The molecule has 110 valence electrons. The summed E-state index contributed by atoms with van der Waals surface area (Å²) in [5.74, 6) is -1.09. The number of rotatable bonds is 3. The number of aliphatic carboxylic acids is 1. The Kier molecular flexibility index (Phi) is 4.02. The van der Waals surface area contributed by atoms with E-state index in [1.54, 1.807) is 11.9 Å². The van der Waals surface area contributed by atoms with E-state index in [0.29, 0.717) is 35.3 Å². The van der Waals surface area contributed by atoms with Gasteiger partial charge in [0.05, 0.1) is 10.4 Å². The van der Waals surface area contributed by atoms with Crippen LogP contribution in [0.3, 0.4) is 0 Å². The molecule has 1 fully saturated rings. The number of carbonyl (C=O) groups is 2. The van der Waals surface area contributed by atoms with Gasteiger partial charge in [-0.05, 0) is 18.9 Å². The number of carboxylic acid groups (broad SMARTS) is 1. The maximum absolute atomic E-state index is 12.5. The van der Waals surface area contributed by atoms with E-state index in [9.17, 15) is 14.7 Å². The Hall–Kier alpha value is -1.20. The second-order valence-electron chi connectivity index (χ2n) is 5.14. The molecule has 1 saturated heterocycles. The molecular formula is C13H16Cl2N2O3. The summed E-state index contributed by atoms with van der Waals surface area (Å²) < 4.78 is 1.51. The molecular weight excluding hydrogens is 303 g/mol. The van der Waals surface area contributed by atoms with Crippen LogP contribution in [-0.2, 0) is 11.8 Å². The molecule has 1 aliphatic rings. The molecule has 20 heavy (non-hydrogen) atoms. The van der Waals surface area contributed by atoms with Crippen LogP contribution in [-0.4, -0.2) is 39.5 Å². The first kappa shape index (κ1) is 15.2. The number of halogens is 2. The predicted molar refractivity (Wildman–Crippen MR) is 76.3 cm³/mol. The minimum Gasteiger partial charge on any atom is -0.481 e. The van der Waals surface area contributed by atoms with Gasteiger partial charge in [0.25, 0.3) is 5.91 Å². The first-order valence-corrected chi connectivity index (χ1v) is 7.11. The Labute approximate surface area is 127 Å². The molecule has 7 heteroatoms. The molecule has 5 nitrogen and oxygen atoms in total. The average molecular weight is 319 g/mol. The van der Waals surface area contributed by atoms with Crippen molar-refractivity contribution in [2.24, 2.45) is 12.5 Å². The molecule has 0 aromatic carbocycles. The molecule has 1 aromatic heterocycles. The summed E-state index contributed by atoms with van der Waals surface area (Å²) in [5.41, 5.74) is -0.466. The summed E-state index contributed by atoms with van der Waals surface area (Å²) in [6, 6.07) is 1.51. The Morgan fingerprint density at radius 1 is 1.45 bits per heavy atom. The fourth-order valence-corrected chi connectivity index (χ4v) is 2.95. The van der Waals surface area contributed by atoms with Gasteiger partial charge in [-0.3, -0.25) is 9.59 Å². The summed E-state index contributed by atoms with van der Waals surface area (Å²) >= 11 is 11.9. The molecule has 1 N–H and O–H groups in total. The minimum absolute atomic E-state index is 0.220. The van der Waals surface area contributed by atoms with Gasteiger partial charge in [-0.2, -0.15) is 0 Å². The number of nitrogens with zero attached hydrogens (tertiary/aromatic N) is 2. The molecule has 0 radical (unpaired) electrons. The van der Waals surface area contributed by atoms with Crippen LogP contribution in [0.15, 0.2) is 6.07 Å². The van der Waals surface area contributed by atoms with Gasteiger partial charge >= 0.3 is 5.97 Å². The van der Waals surface area contributed by atoms with E-state index >= 15 is 0 Å². The van der Waals surface area contributed by atoms with Crippen molar-refractivity contribution in [3.05, 3.63) is 21.9 Å². The van der Waals surface area contributed by atoms with Crippen LogP contribution in [0, 0.1) is 5.41 Å². The first-order valence-electron chi connectivity index (χ1n) is 6.36. The summed E-state index contributed by atoms with van der Waals surface area (Å²) in [6.45, 7) is 2.48. The fourth-order valence-electron chi connectivity index (χ4n) is 2.57. The third-order valence-corrected chi connectivity index (χ3v) is 4.95. The van der Waals surface area contributed by atoms with Crippen molar-refractivity contribution in [3.8, 4) is 0 Å². The molecule has 1 unspecified atom stereocenters. The predicted octanol–water partition coefficient (Wildman–Crippen LogP) is 2.66. The Balaban J connectivity index is 2.24. The Morgan fingerprint density at radius 3 is 2.50 bits per heavy atom. The van der Waals surface area contributed by atoms with Crippen LogP contribution in [0.25, 0.3) is 0 Å². The smallest absolute Gasteiger partial charge is 0.311 e. The van der Waals surface area contributed by atoms with Gasteiger partial charge in [0.2, 0.25) is 0 Å². The van der Waals surface area contributed by atoms with Crippen molar-refractivity contribution in [3.63, 3.8) is 0 Å². The lowest BCUT2D eigenvalue weighted by Gasteiger charge is -2.23. The van der Waals surface area contributed by atoms with Gasteiger partial charge in [0.15, 0.2) is 0 Å². The van der Waals surface area contributed by atoms with E-state index in [1.165, 1.54) is 10.6 Å². The minimum atomic E-state index is -0.849. The lowest BCUT2D eigenvalue weighted by molar-refractivity contribution is -0.148. The maximum atomic E-state index is 12.5. The quantitative estimate of drug-likeness (QED) is 0.931. The van der Waals surface area contributed by atoms with Crippen molar-refractivity contribution in [1.29, 1.82) is 0 Å². The lowest BCUT2D eigenvalue weighted by atomic mass is 9.84. The Morgan fingerprint density at radius 2 is 2.10 bits per heavy atom. The second-order valence-corrected chi connectivity index (χ2v) is 5.91. The lowest BCUT2D eigenvalue weighted by Crippen LogP contribution is -2.37. The number of hydrogen-bond acceptors (Lipinski definition) is 2. The molecule has 1 atom stereocenters. The monoisotopic (exact) mass is 318 g/mol.